The highest BCUT2D eigenvalue weighted by atomic mass is 16.6. The zero-order valence-electron chi connectivity index (χ0n) is 9.14. The van der Waals surface area contributed by atoms with E-state index in [2.05, 4.69) is 0 Å². The average Bonchev–Trinajstić information content (AvgIpc) is 2.27. The Morgan fingerprint density at radius 2 is 2.06 bits per heavy atom. The summed E-state index contributed by atoms with van der Waals surface area (Å²) in [4.78, 5) is 11.7. The predicted octanol–water partition coefficient (Wildman–Crippen LogP) is 1.29. The Balaban J connectivity index is 1.86. The summed E-state index contributed by atoms with van der Waals surface area (Å²) in [6.07, 6.45) is 0.0854. The van der Waals surface area contributed by atoms with E-state index in [1.807, 2.05) is 0 Å². The molecule has 0 radical (unpaired) electrons. The molecule has 0 bridgehead atoms. The van der Waals surface area contributed by atoms with Crippen LogP contribution in [-0.4, -0.2) is 38.8 Å². The maximum absolute atomic E-state index is 11.7. The molecule has 4 nitrogen and oxygen atoms in total. The van der Waals surface area contributed by atoms with Gasteiger partial charge in [0.05, 0.1) is 20.3 Å². The molecule has 0 amide bonds. The quantitative estimate of drug-likeness (QED) is 0.704. The summed E-state index contributed by atoms with van der Waals surface area (Å²) in [6, 6.07) is 7.00. The number of benzene rings is 1. The van der Waals surface area contributed by atoms with Crippen LogP contribution in [0.5, 0.6) is 5.75 Å². The van der Waals surface area contributed by atoms with Gasteiger partial charge in [0.2, 0.25) is 0 Å². The number of hydrogen-bond donors (Lipinski definition) is 0. The van der Waals surface area contributed by atoms with Crippen molar-refractivity contribution in [3.8, 4) is 5.75 Å². The maximum atomic E-state index is 11.7. The molecule has 0 spiro atoms. The van der Waals surface area contributed by atoms with E-state index in [-0.39, 0.29) is 18.5 Å². The molecule has 0 N–H and O–H groups in total. The zero-order valence-corrected chi connectivity index (χ0v) is 9.14. The van der Waals surface area contributed by atoms with Gasteiger partial charge < -0.3 is 14.2 Å². The minimum absolute atomic E-state index is 0.0189. The minimum Gasteiger partial charge on any atom is -0.497 e. The van der Waals surface area contributed by atoms with Gasteiger partial charge in [-0.15, -0.1) is 0 Å². The van der Waals surface area contributed by atoms with E-state index < -0.39 is 0 Å². The second-order valence-electron chi connectivity index (χ2n) is 3.62. The fraction of sp³-hybridized carbons (Fsp3) is 0.417. The molecule has 1 aromatic carbocycles. The number of ether oxygens (including phenoxy) is 3. The molecule has 1 heterocycles. The van der Waals surface area contributed by atoms with Crippen molar-refractivity contribution in [1.29, 1.82) is 0 Å². The molecule has 0 atom stereocenters. The fourth-order valence-corrected chi connectivity index (χ4v) is 1.36. The largest absolute Gasteiger partial charge is 0.497 e. The molecule has 2 rings (SSSR count). The first-order chi connectivity index (χ1) is 7.79. The van der Waals surface area contributed by atoms with Crippen molar-refractivity contribution in [2.24, 2.45) is 0 Å². The SMILES string of the molecule is COc1ccc(C(=O)COC2COC2)cc1. The molecular weight excluding hydrogens is 208 g/mol. The lowest BCUT2D eigenvalue weighted by Crippen LogP contribution is -2.37. The number of hydrogen-bond acceptors (Lipinski definition) is 4. The van der Waals surface area contributed by atoms with Gasteiger partial charge in [0, 0.05) is 5.56 Å². The van der Waals surface area contributed by atoms with Gasteiger partial charge in [0.25, 0.3) is 0 Å². The van der Waals surface area contributed by atoms with E-state index >= 15 is 0 Å². The first-order valence-corrected chi connectivity index (χ1v) is 5.16. The third-order valence-electron chi connectivity index (χ3n) is 2.47. The van der Waals surface area contributed by atoms with E-state index in [0.29, 0.717) is 18.8 Å². The van der Waals surface area contributed by atoms with E-state index in [1.165, 1.54) is 0 Å². The highest BCUT2D eigenvalue weighted by Gasteiger charge is 2.20. The minimum atomic E-state index is -0.0189. The molecule has 1 saturated heterocycles. The Morgan fingerprint density at radius 3 is 2.56 bits per heavy atom. The molecule has 0 saturated carbocycles. The topological polar surface area (TPSA) is 44.8 Å². The summed E-state index contributed by atoms with van der Waals surface area (Å²) in [7, 11) is 1.59. The van der Waals surface area contributed by atoms with Crippen LogP contribution in [0.1, 0.15) is 10.4 Å². The molecule has 16 heavy (non-hydrogen) atoms. The molecule has 1 aromatic rings. The van der Waals surface area contributed by atoms with Crippen LogP contribution < -0.4 is 4.74 Å². The number of carbonyl (C=O) groups is 1. The molecule has 86 valence electrons. The summed E-state index contributed by atoms with van der Waals surface area (Å²) < 4.78 is 15.3. The van der Waals surface area contributed by atoms with E-state index in [9.17, 15) is 4.79 Å². The average molecular weight is 222 g/mol. The molecule has 1 aliphatic rings. The Morgan fingerprint density at radius 1 is 1.38 bits per heavy atom. The smallest absolute Gasteiger partial charge is 0.188 e. The van der Waals surface area contributed by atoms with E-state index in [1.54, 1.807) is 31.4 Å². The highest BCUT2D eigenvalue weighted by molar-refractivity contribution is 5.97. The first-order valence-electron chi connectivity index (χ1n) is 5.16. The lowest BCUT2D eigenvalue weighted by Gasteiger charge is -2.25. The van der Waals surface area contributed by atoms with Crippen LogP contribution in [0.2, 0.25) is 0 Å². The number of rotatable bonds is 5. The van der Waals surface area contributed by atoms with Crippen molar-refractivity contribution in [1.82, 2.24) is 0 Å². The van der Waals surface area contributed by atoms with E-state index in [0.717, 1.165) is 5.75 Å². The standard InChI is InChI=1S/C12H14O4/c1-14-10-4-2-9(3-5-10)12(13)8-16-11-6-15-7-11/h2-5,11H,6-8H2,1H3. The van der Waals surface area contributed by atoms with Gasteiger partial charge in [0.15, 0.2) is 5.78 Å². The van der Waals surface area contributed by atoms with Crippen LogP contribution in [0.3, 0.4) is 0 Å². The summed E-state index contributed by atoms with van der Waals surface area (Å²) >= 11 is 0. The highest BCUT2D eigenvalue weighted by Crippen LogP contribution is 2.12. The summed E-state index contributed by atoms with van der Waals surface area (Å²) in [5.74, 6) is 0.722. The van der Waals surface area contributed by atoms with Crippen molar-refractivity contribution in [3.05, 3.63) is 29.8 Å². The van der Waals surface area contributed by atoms with Crippen LogP contribution in [-0.2, 0) is 9.47 Å². The molecular formula is C12H14O4. The van der Waals surface area contributed by atoms with Gasteiger partial charge in [-0.05, 0) is 24.3 Å². The fourth-order valence-electron chi connectivity index (χ4n) is 1.36. The van der Waals surface area contributed by atoms with Crippen molar-refractivity contribution in [2.75, 3.05) is 26.9 Å². The second-order valence-corrected chi connectivity index (χ2v) is 3.62. The van der Waals surface area contributed by atoms with Crippen molar-refractivity contribution < 1.29 is 19.0 Å². The predicted molar refractivity (Wildman–Crippen MR) is 57.9 cm³/mol. The molecule has 1 aliphatic heterocycles. The summed E-state index contributed by atoms with van der Waals surface area (Å²) in [5, 5.41) is 0. The van der Waals surface area contributed by atoms with E-state index in [4.69, 9.17) is 14.2 Å². The second kappa shape index (κ2) is 5.09. The Hall–Kier alpha value is -1.39. The Bertz CT molecular complexity index is 354. The van der Waals surface area contributed by atoms with Crippen molar-refractivity contribution >= 4 is 5.78 Å². The zero-order chi connectivity index (χ0) is 11.4. The van der Waals surface area contributed by atoms with Crippen LogP contribution in [0.15, 0.2) is 24.3 Å². The third-order valence-corrected chi connectivity index (χ3v) is 2.47. The summed E-state index contributed by atoms with van der Waals surface area (Å²) in [6.45, 7) is 1.30. The van der Waals surface area contributed by atoms with Gasteiger partial charge in [-0.25, -0.2) is 0 Å². The lowest BCUT2D eigenvalue weighted by atomic mass is 10.1. The number of methoxy groups -OCH3 is 1. The monoisotopic (exact) mass is 222 g/mol. The number of carbonyl (C=O) groups excluding carboxylic acids is 1. The summed E-state index contributed by atoms with van der Waals surface area (Å²) in [5.41, 5.74) is 0.640. The molecule has 1 fully saturated rings. The van der Waals surface area contributed by atoms with Crippen LogP contribution in [0.4, 0.5) is 0 Å². The molecule has 0 aromatic heterocycles. The van der Waals surface area contributed by atoms with Crippen LogP contribution in [0.25, 0.3) is 0 Å². The number of ketones is 1. The number of Topliss-reactive ketones (excluding diaryl/α,β-unsaturated/α-hetero) is 1. The van der Waals surface area contributed by atoms with Crippen molar-refractivity contribution in [3.63, 3.8) is 0 Å². The Kier molecular flexibility index (Phi) is 3.54. The molecule has 0 unspecified atom stereocenters. The molecule has 0 aliphatic carbocycles. The van der Waals surface area contributed by atoms with Gasteiger partial charge in [-0.1, -0.05) is 0 Å². The van der Waals surface area contributed by atoms with Gasteiger partial charge in [0.1, 0.15) is 18.5 Å². The van der Waals surface area contributed by atoms with Crippen LogP contribution >= 0.6 is 0 Å². The van der Waals surface area contributed by atoms with Crippen LogP contribution in [0, 0.1) is 0 Å². The maximum Gasteiger partial charge on any atom is 0.188 e. The lowest BCUT2D eigenvalue weighted by molar-refractivity contribution is -0.123. The van der Waals surface area contributed by atoms with Crippen molar-refractivity contribution in [2.45, 2.75) is 6.10 Å². The Labute approximate surface area is 94.1 Å². The first kappa shape index (κ1) is 11.1. The molecule has 4 heteroatoms. The van der Waals surface area contributed by atoms with Gasteiger partial charge in [-0.3, -0.25) is 4.79 Å². The normalized spacial score (nSPS) is 15.6. The van der Waals surface area contributed by atoms with Gasteiger partial charge >= 0.3 is 0 Å². The van der Waals surface area contributed by atoms with Gasteiger partial charge in [-0.2, -0.15) is 0 Å². The third kappa shape index (κ3) is 2.59.